The molecule has 1 aliphatic carbocycles. The van der Waals surface area contributed by atoms with E-state index in [1.165, 1.54) is 22.3 Å². The predicted octanol–water partition coefficient (Wildman–Crippen LogP) is 4.54. The molecule has 1 atom stereocenters. The molecule has 0 aromatic heterocycles. The predicted molar refractivity (Wildman–Crippen MR) is 134 cm³/mol. The second-order valence-corrected chi connectivity index (χ2v) is 8.42. The molecule has 4 heteroatoms. The van der Waals surface area contributed by atoms with Crippen molar-refractivity contribution >= 4 is 11.4 Å². The first-order valence-corrected chi connectivity index (χ1v) is 10.8. The molecular weight excluding hydrogens is 392 g/mol. The van der Waals surface area contributed by atoms with Gasteiger partial charge >= 0.3 is 0 Å². The van der Waals surface area contributed by atoms with E-state index in [0.717, 1.165) is 29.8 Å². The lowest BCUT2D eigenvalue weighted by Gasteiger charge is -2.28. The minimum absolute atomic E-state index is 0.168. The van der Waals surface area contributed by atoms with Crippen LogP contribution in [0.5, 0.6) is 0 Å². The van der Waals surface area contributed by atoms with E-state index in [1.54, 1.807) is 0 Å². The molecule has 1 unspecified atom stereocenters. The standard InChI is InChI=1S/C15H16N2.C13H14N2/c16-15(17)13-9-5-4-8-12(13)10-14(15)11-6-2-1-3-7-11;14-12-5-1-10(2-6-12)9-11-3-7-13(15)8-4-11/h1-9,14H,10,16-17H2;1-8H,9,14-15H2. The molecule has 32 heavy (non-hydrogen) atoms. The van der Waals surface area contributed by atoms with Crippen LogP contribution in [0.1, 0.15) is 33.7 Å². The van der Waals surface area contributed by atoms with Gasteiger partial charge in [-0.05, 0) is 64.9 Å². The summed E-state index contributed by atoms with van der Waals surface area (Å²) in [5.41, 5.74) is 30.9. The normalized spacial score (nSPS) is 16.0. The van der Waals surface area contributed by atoms with Crippen molar-refractivity contribution in [2.24, 2.45) is 11.5 Å². The quantitative estimate of drug-likeness (QED) is 0.287. The monoisotopic (exact) mass is 422 g/mol. The Bertz CT molecular complexity index is 1110. The third-order valence-corrected chi connectivity index (χ3v) is 6.05. The maximum absolute atomic E-state index is 6.34. The number of hydrogen-bond acceptors (Lipinski definition) is 4. The van der Waals surface area contributed by atoms with E-state index in [2.05, 4.69) is 18.2 Å². The molecule has 0 saturated heterocycles. The molecule has 1 aliphatic rings. The topological polar surface area (TPSA) is 104 Å². The first-order valence-electron chi connectivity index (χ1n) is 10.8. The van der Waals surface area contributed by atoms with Gasteiger partial charge < -0.3 is 22.9 Å². The Labute approximate surface area is 189 Å². The van der Waals surface area contributed by atoms with Crippen molar-refractivity contribution in [1.29, 1.82) is 0 Å². The van der Waals surface area contributed by atoms with Crippen molar-refractivity contribution in [1.82, 2.24) is 0 Å². The maximum atomic E-state index is 6.34. The number of anilines is 2. The summed E-state index contributed by atoms with van der Waals surface area (Å²) in [7, 11) is 0. The van der Waals surface area contributed by atoms with Crippen molar-refractivity contribution in [2.75, 3.05) is 11.5 Å². The minimum atomic E-state index is -0.752. The Hall–Kier alpha value is -3.60. The number of rotatable bonds is 3. The number of fused-ring (bicyclic) bond motifs is 1. The van der Waals surface area contributed by atoms with Crippen molar-refractivity contribution in [3.05, 3.63) is 131 Å². The number of nitrogens with two attached hydrogens (primary N) is 4. The molecule has 0 heterocycles. The van der Waals surface area contributed by atoms with Gasteiger partial charge in [-0.15, -0.1) is 0 Å². The zero-order valence-corrected chi connectivity index (χ0v) is 18.1. The highest BCUT2D eigenvalue weighted by Crippen LogP contribution is 2.41. The average molecular weight is 423 g/mol. The summed E-state index contributed by atoms with van der Waals surface area (Å²) in [4.78, 5) is 0. The van der Waals surface area contributed by atoms with Crippen LogP contribution in [0, 0.1) is 0 Å². The van der Waals surface area contributed by atoms with Gasteiger partial charge in [-0.3, -0.25) is 0 Å². The van der Waals surface area contributed by atoms with Crippen LogP contribution in [0.3, 0.4) is 0 Å². The highest BCUT2D eigenvalue weighted by Gasteiger charge is 2.41. The Kier molecular flexibility index (Phi) is 6.26. The molecule has 0 bridgehead atoms. The van der Waals surface area contributed by atoms with Crippen LogP contribution in [-0.2, 0) is 18.5 Å². The summed E-state index contributed by atoms with van der Waals surface area (Å²) < 4.78 is 0. The van der Waals surface area contributed by atoms with E-state index in [0.29, 0.717) is 0 Å². The molecule has 0 radical (unpaired) electrons. The Morgan fingerprint density at radius 3 is 1.66 bits per heavy atom. The molecule has 0 aliphatic heterocycles. The summed E-state index contributed by atoms with van der Waals surface area (Å²) in [5, 5.41) is 0. The highest BCUT2D eigenvalue weighted by molar-refractivity contribution is 5.45. The van der Waals surface area contributed by atoms with Crippen LogP contribution in [0.15, 0.2) is 103 Å². The molecule has 0 saturated carbocycles. The van der Waals surface area contributed by atoms with Crippen molar-refractivity contribution < 1.29 is 0 Å². The Morgan fingerprint density at radius 1 is 0.625 bits per heavy atom. The van der Waals surface area contributed by atoms with Gasteiger partial charge in [0.05, 0.1) is 5.66 Å². The van der Waals surface area contributed by atoms with E-state index in [1.807, 2.05) is 84.9 Å². The lowest BCUT2D eigenvalue weighted by molar-refractivity contribution is 0.398. The molecule has 8 N–H and O–H groups in total. The van der Waals surface area contributed by atoms with Crippen LogP contribution in [-0.4, -0.2) is 0 Å². The van der Waals surface area contributed by atoms with Gasteiger partial charge in [-0.25, -0.2) is 0 Å². The molecule has 162 valence electrons. The lowest BCUT2D eigenvalue weighted by atomic mass is 9.88. The van der Waals surface area contributed by atoms with E-state index >= 15 is 0 Å². The lowest BCUT2D eigenvalue weighted by Crippen LogP contribution is -2.48. The fourth-order valence-corrected chi connectivity index (χ4v) is 4.28. The van der Waals surface area contributed by atoms with E-state index in [-0.39, 0.29) is 5.92 Å². The summed E-state index contributed by atoms with van der Waals surface area (Å²) in [5.74, 6) is 0.168. The first-order chi connectivity index (χ1) is 15.4. The second kappa shape index (κ2) is 9.27. The smallest absolute Gasteiger partial charge is 0.0975 e. The van der Waals surface area contributed by atoms with Crippen molar-refractivity contribution in [3.8, 4) is 0 Å². The molecule has 0 amide bonds. The fraction of sp³-hybridized carbons (Fsp3) is 0.143. The maximum Gasteiger partial charge on any atom is 0.0975 e. The van der Waals surface area contributed by atoms with Gasteiger partial charge in [-0.1, -0.05) is 78.9 Å². The third kappa shape index (κ3) is 4.83. The molecule has 0 spiro atoms. The first kappa shape index (κ1) is 21.6. The minimum Gasteiger partial charge on any atom is -0.399 e. The van der Waals surface area contributed by atoms with Crippen LogP contribution in [0.25, 0.3) is 0 Å². The van der Waals surface area contributed by atoms with Crippen LogP contribution in [0.4, 0.5) is 11.4 Å². The SMILES string of the molecule is NC1(N)c2ccccc2CC1c1ccccc1.Nc1ccc(Cc2ccc(N)cc2)cc1. The van der Waals surface area contributed by atoms with Gasteiger partial charge in [0.2, 0.25) is 0 Å². The molecular formula is C28H30N4. The van der Waals surface area contributed by atoms with Crippen LogP contribution < -0.4 is 22.9 Å². The molecule has 5 rings (SSSR count). The summed E-state index contributed by atoms with van der Waals surface area (Å²) >= 11 is 0. The van der Waals surface area contributed by atoms with Gasteiger partial charge in [0.1, 0.15) is 0 Å². The van der Waals surface area contributed by atoms with Crippen LogP contribution in [0.2, 0.25) is 0 Å². The average Bonchev–Trinajstić information content (AvgIpc) is 3.09. The molecule has 4 nitrogen and oxygen atoms in total. The van der Waals surface area contributed by atoms with E-state index in [4.69, 9.17) is 22.9 Å². The Balaban J connectivity index is 0.000000155. The molecule has 4 aromatic carbocycles. The second-order valence-electron chi connectivity index (χ2n) is 8.42. The van der Waals surface area contributed by atoms with Gasteiger partial charge in [0, 0.05) is 17.3 Å². The highest BCUT2D eigenvalue weighted by atomic mass is 15.0. The molecule has 0 fully saturated rings. The molecule has 4 aromatic rings. The summed E-state index contributed by atoms with van der Waals surface area (Å²) in [6, 6.07) is 34.4. The summed E-state index contributed by atoms with van der Waals surface area (Å²) in [6.45, 7) is 0. The third-order valence-electron chi connectivity index (χ3n) is 6.05. The zero-order chi connectivity index (χ0) is 22.6. The van der Waals surface area contributed by atoms with Gasteiger partial charge in [0.15, 0.2) is 0 Å². The van der Waals surface area contributed by atoms with Gasteiger partial charge in [-0.2, -0.15) is 0 Å². The largest absolute Gasteiger partial charge is 0.399 e. The zero-order valence-electron chi connectivity index (χ0n) is 18.1. The fourth-order valence-electron chi connectivity index (χ4n) is 4.28. The van der Waals surface area contributed by atoms with Gasteiger partial charge in [0.25, 0.3) is 0 Å². The van der Waals surface area contributed by atoms with Crippen LogP contribution >= 0.6 is 0 Å². The van der Waals surface area contributed by atoms with E-state index < -0.39 is 5.66 Å². The number of nitrogen functional groups attached to an aromatic ring is 2. The number of benzene rings is 4. The Morgan fingerprint density at radius 2 is 1.12 bits per heavy atom. The number of hydrogen-bond donors (Lipinski definition) is 4. The van der Waals surface area contributed by atoms with E-state index in [9.17, 15) is 0 Å². The summed E-state index contributed by atoms with van der Waals surface area (Å²) in [6.07, 6.45) is 1.84. The van der Waals surface area contributed by atoms with Crippen molar-refractivity contribution in [2.45, 2.75) is 24.4 Å². The van der Waals surface area contributed by atoms with Crippen molar-refractivity contribution in [3.63, 3.8) is 0 Å².